The second-order valence-corrected chi connectivity index (χ2v) is 7.52. The lowest BCUT2D eigenvalue weighted by Gasteiger charge is -2.21. The first kappa shape index (κ1) is 26.1. The van der Waals surface area contributed by atoms with Crippen molar-refractivity contribution in [2.45, 2.75) is 63.7 Å². The summed E-state index contributed by atoms with van der Waals surface area (Å²) < 4.78 is 0. The van der Waals surface area contributed by atoms with Crippen LogP contribution in [0, 0.1) is 0 Å². The summed E-state index contributed by atoms with van der Waals surface area (Å²) in [6.45, 7) is 3.43. The Labute approximate surface area is 169 Å². The minimum Gasteiger partial charge on any atom is -0.480 e. The van der Waals surface area contributed by atoms with Gasteiger partial charge in [-0.2, -0.15) is 11.8 Å². The zero-order valence-electron chi connectivity index (χ0n) is 16.7. The molecule has 0 spiro atoms. The van der Waals surface area contributed by atoms with Gasteiger partial charge in [-0.15, -0.1) is 0 Å². The number of carbonyl (C=O) groups is 4. The fourth-order valence-electron chi connectivity index (χ4n) is 2.22. The quantitative estimate of drug-likeness (QED) is 0.190. The number of nitrogens with one attached hydrogen (secondary N) is 3. The van der Waals surface area contributed by atoms with E-state index in [9.17, 15) is 19.2 Å². The van der Waals surface area contributed by atoms with Gasteiger partial charge in [0.1, 0.15) is 18.1 Å². The molecule has 8 N–H and O–H groups in total. The molecule has 0 aromatic carbocycles. The van der Waals surface area contributed by atoms with Crippen LogP contribution >= 0.6 is 11.8 Å². The molecule has 0 aliphatic rings. The summed E-state index contributed by atoms with van der Waals surface area (Å²) >= 11 is 1.47. The van der Waals surface area contributed by atoms with E-state index < -0.39 is 47.9 Å². The molecule has 0 aliphatic heterocycles. The molecular formula is C17H33N5O5S. The highest BCUT2D eigenvalue weighted by atomic mass is 32.2. The minimum absolute atomic E-state index is 0.275. The third-order valence-corrected chi connectivity index (χ3v) is 4.68. The van der Waals surface area contributed by atoms with Crippen molar-refractivity contribution in [3.8, 4) is 0 Å². The van der Waals surface area contributed by atoms with E-state index in [0.717, 1.165) is 6.42 Å². The van der Waals surface area contributed by atoms with Gasteiger partial charge in [-0.25, -0.2) is 4.79 Å². The van der Waals surface area contributed by atoms with Gasteiger partial charge in [0.15, 0.2) is 0 Å². The van der Waals surface area contributed by atoms with Crippen molar-refractivity contribution in [1.82, 2.24) is 16.0 Å². The molecular weight excluding hydrogens is 386 g/mol. The average Bonchev–Trinajstić information content (AvgIpc) is 2.64. The van der Waals surface area contributed by atoms with Crippen molar-refractivity contribution >= 4 is 35.5 Å². The van der Waals surface area contributed by atoms with E-state index in [4.69, 9.17) is 16.6 Å². The van der Waals surface area contributed by atoms with E-state index in [-0.39, 0.29) is 6.42 Å². The Hall–Kier alpha value is -1.85. The molecule has 11 heteroatoms. The topological polar surface area (TPSA) is 177 Å². The molecule has 10 nitrogen and oxygen atoms in total. The number of aliphatic carboxylic acids is 1. The highest BCUT2D eigenvalue weighted by Gasteiger charge is 2.26. The van der Waals surface area contributed by atoms with Crippen LogP contribution in [0.2, 0.25) is 0 Å². The normalized spacial score (nSPS) is 15.0. The van der Waals surface area contributed by atoms with E-state index >= 15 is 0 Å². The molecule has 162 valence electrons. The van der Waals surface area contributed by atoms with E-state index in [1.165, 1.54) is 25.6 Å². The molecule has 28 heavy (non-hydrogen) atoms. The van der Waals surface area contributed by atoms with Crippen molar-refractivity contribution in [2.24, 2.45) is 11.5 Å². The Balaban J connectivity index is 4.51. The maximum atomic E-state index is 12.2. The van der Waals surface area contributed by atoms with Crippen LogP contribution in [-0.2, 0) is 19.2 Å². The van der Waals surface area contributed by atoms with E-state index in [1.807, 2.05) is 6.26 Å². The highest BCUT2D eigenvalue weighted by molar-refractivity contribution is 7.98. The number of carbonyl (C=O) groups excluding carboxylic acids is 3. The highest BCUT2D eigenvalue weighted by Crippen LogP contribution is 2.02. The summed E-state index contributed by atoms with van der Waals surface area (Å²) in [6.07, 6.45) is 4.05. The number of unbranched alkanes of at least 4 members (excludes halogenated alkanes) is 1. The maximum absolute atomic E-state index is 12.2. The van der Waals surface area contributed by atoms with Crippen molar-refractivity contribution < 1.29 is 24.3 Å². The van der Waals surface area contributed by atoms with Crippen LogP contribution in [0.15, 0.2) is 0 Å². The first-order valence-corrected chi connectivity index (χ1v) is 10.6. The smallest absolute Gasteiger partial charge is 0.326 e. The molecule has 4 unspecified atom stereocenters. The van der Waals surface area contributed by atoms with Gasteiger partial charge in [-0.1, -0.05) is 6.42 Å². The molecule has 0 bridgehead atoms. The largest absolute Gasteiger partial charge is 0.480 e. The Bertz CT molecular complexity index is 534. The van der Waals surface area contributed by atoms with Gasteiger partial charge in [0.2, 0.25) is 17.7 Å². The first-order valence-electron chi connectivity index (χ1n) is 9.22. The number of carboxylic acids is 1. The lowest BCUT2D eigenvalue weighted by Crippen LogP contribution is -2.55. The summed E-state index contributed by atoms with van der Waals surface area (Å²) in [5.41, 5.74) is 11.2. The fourth-order valence-corrected chi connectivity index (χ4v) is 2.69. The van der Waals surface area contributed by atoms with Crippen LogP contribution in [-0.4, -0.2) is 71.5 Å². The third-order valence-electron chi connectivity index (χ3n) is 4.04. The van der Waals surface area contributed by atoms with Crippen LogP contribution < -0.4 is 27.4 Å². The molecule has 0 aliphatic carbocycles. The molecule has 0 aromatic heterocycles. The van der Waals surface area contributed by atoms with Gasteiger partial charge in [0.25, 0.3) is 0 Å². The van der Waals surface area contributed by atoms with E-state index in [1.54, 1.807) is 0 Å². The van der Waals surface area contributed by atoms with Gasteiger partial charge < -0.3 is 32.5 Å². The molecule has 0 radical (unpaired) electrons. The van der Waals surface area contributed by atoms with Gasteiger partial charge in [0, 0.05) is 0 Å². The second-order valence-electron chi connectivity index (χ2n) is 6.53. The number of nitrogens with two attached hydrogens (primary N) is 2. The summed E-state index contributed by atoms with van der Waals surface area (Å²) in [5.74, 6) is -2.20. The van der Waals surface area contributed by atoms with Gasteiger partial charge in [-0.05, 0) is 51.7 Å². The summed E-state index contributed by atoms with van der Waals surface area (Å²) in [5, 5.41) is 16.5. The van der Waals surface area contributed by atoms with Crippen molar-refractivity contribution in [1.29, 1.82) is 0 Å². The lowest BCUT2D eigenvalue weighted by atomic mass is 10.1. The number of thioether (sulfide) groups is 1. The summed E-state index contributed by atoms with van der Waals surface area (Å²) in [6, 6.07) is -3.62. The van der Waals surface area contributed by atoms with Crippen LogP contribution in [0.3, 0.4) is 0 Å². The number of carboxylic acid groups (broad SMARTS) is 1. The van der Waals surface area contributed by atoms with E-state index in [0.29, 0.717) is 25.1 Å². The second kappa shape index (κ2) is 14.2. The molecule has 3 amide bonds. The van der Waals surface area contributed by atoms with E-state index in [2.05, 4.69) is 16.0 Å². The molecule has 0 aromatic rings. The molecule has 0 rings (SSSR count). The Morgan fingerprint density at radius 3 is 1.96 bits per heavy atom. The standard InChI is InChI=1S/C17H33N5O5S/c1-10(21-16(25)12(19)6-4-5-8-18)14(23)20-11(2)15(24)22-13(17(26)27)7-9-28-3/h10-13H,4-9,18-19H2,1-3H3,(H,20,23)(H,21,25)(H,22,24)(H,26,27). The first-order chi connectivity index (χ1) is 13.1. The Kier molecular flexibility index (Phi) is 13.3. The minimum atomic E-state index is -1.13. The van der Waals surface area contributed by atoms with Gasteiger partial charge >= 0.3 is 5.97 Å². The lowest BCUT2D eigenvalue weighted by molar-refractivity contribution is -0.142. The Morgan fingerprint density at radius 1 is 0.929 bits per heavy atom. The van der Waals surface area contributed by atoms with Gasteiger partial charge in [-0.3, -0.25) is 14.4 Å². The van der Waals surface area contributed by atoms with Crippen molar-refractivity contribution in [3.05, 3.63) is 0 Å². The third kappa shape index (κ3) is 10.5. The number of hydrogen-bond acceptors (Lipinski definition) is 7. The fraction of sp³-hybridized carbons (Fsp3) is 0.765. The molecule has 0 saturated carbocycles. The predicted molar refractivity (Wildman–Crippen MR) is 109 cm³/mol. The predicted octanol–water partition coefficient (Wildman–Crippen LogP) is -1.23. The van der Waals surface area contributed by atoms with Crippen LogP contribution in [0.1, 0.15) is 39.5 Å². The van der Waals surface area contributed by atoms with Crippen molar-refractivity contribution in [3.63, 3.8) is 0 Å². The average molecular weight is 420 g/mol. The number of hydrogen-bond donors (Lipinski definition) is 6. The molecule has 0 saturated heterocycles. The van der Waals surface area contributed by atoms with Crippen LogP contribution in [0.4, 0.5) is 0 Å². The van der Waals surface area contributed by atoms with Gasteiger partial charge in [0.05, 0.1) is 6.04 Å². The van der Waals surface area contributed by atoms with Crippen LogP contribution in [0.25, 0.3) is 0 Å². The maximum Gasteiger partial charge on any atom is 0.326 e. The summed E-state index contributed by atoms with van der Waals surface area (Å²) in [4.78, 5) is 47.5. The zero-order valence-corrected chi connectivity index (χ0v) is 17.5. The molecule has 0 heterocycles. The molecule has 0 fully saturated rings. The summed E-state index contributed by atoms with van der Waals surface area (Å²) in [7, 11) is 0. The SMILES string of the molecule is CSCCC(NC(=O)C(C)NC(=O)C(C)NC(=O)C(N)CCCCN)C(=O)O. The Morgan fingerprint density at radius 2 is 1.46 bits per heavy atom. The van der Waals surface area contributed by atoms with Crippen LogP contribution in [0.5, 0.6) is 0 Å². The number of rotatable bonds is 14. The number of amides is 3. The monoisotopic (exact) mass is 419 g/mol. The van der Waals surface area contributed by atoms with Crippen molar-refractivity contribution in [2.75, 3.05) is 18.6 Å². The molecule has 4 atom stereocenters. The zero-order chi connectivity index (χ0) is 21.7.